The molecule has 3 heterocycles. The standard InChI is InChI=1S/C22H22N2O3S2/c1-3-11-27-21(26)18-14(2)23-22-24(19(18)16-10-7-12-28-16)20(25)17(29-22)13-15-8-5-4-6-9-15/h3-5,7,10,12-13,15,19H,1,6,8-9,11H2,2H3. The van der Waals surface area contributed by atoms with Gasteiger partial charge in [-0.05, 0) is 43.6 Å². The van der Waals surface area contributed by atoms with Crippen LogP contribution in [0.2, 0.25) is 0 Å². The summed E-state index contributed by atoms with van der Waals surface area (Å²) < 4.78 is 7.66. The Morgan fingerprint density at radius 2 is 2.31 bits per heavy atom. The smallest absolute Gasteiger partial charge is 0.338 e. The van der Waals surface area contributed by atoms with E-state index in [1.54, 1.807) is 11.5 Å². The molecule has 1 aliphatic heterocycles. The number of esters is 1. The van der Waals surface area contributed by atoms with E-state index in [1.165, 1.54) is 28.7 Å². The number of hydrogen-bond donors (Lipinski definition) is 0. The molecule has 2 aromatic heterocycles. The molecule has 0 radical (unpaired) electrons. The molecule has 0 bridgehead atoms. The molecular weight excluding hydrogens is 404 g/mol. The summed E-state index contributed by atoms with van der Waals surface area (Å²) in [5.74, 6) is -0.101. The lowest BCUT2D eigenvalue weighted by atomic mass is 9.94. The van der Waals surface area contributed by atoms with Gasteiger partial charge in [-0.3, -0.25) is 9.36 Å². The Morgan fingerprint density at radius 3 is 3.00 bits per heavy atom. The molecule has 2 atom stereocenters. The van der Waals surface area contributed by atoms with Gasteiger partial charge in [0.25, 0.3) is 5.56 Å². The van der Waals surface area contributed by atoms with Crippen LogP contribution in [0.25, 0.3) is 6.08 Å². The number of allylic oxidation sites excluding steroid dienone is 3. The van der Waals surface area contributed by atoms with Gasteiger partial charge in [-0.25, -0.2) is 9.79 Å². The van der Waals surface area contributed by atoms with Crippen LogP contribution in [0, 0.1) is 5.92 Å². The van der Waals surface area contributed by atoms with Crippen LogP contribution < -0.4 is 14.9 Å². The van der Waals surface area contributed by atoms with E-state index >= 15 is 0 Å². The van der Waals surface area contributed by atoms with Crippen LogP contribution in [-0.4, -0.2) is 17.1 Å². The second-order valence-electron chi connectivity index (χ2n) is 7.05. The fourth-order valence-corrected chi connectivity index (χ4v) is 5.64. The van der Waals surface area contributed by atoms with Gasteiger partial charge in [-0.2, -0.15) is 0 Å². The molecule has 7 heteroatoms. The van der Waals surface area contributed by atoms with E-state index in [1.807, 2.05) is 17.5 Å². The minimum Gasteiger partial charge on any atom is -0.458 e. The van der Waals surface area contributed by atoms with Crippen molar-refractivity contribution >= 4 is 34.7 Å². The van der Waals surface area contributed by atoms with Crippen molar-refractivity contribution in [3.8, 4) is 0 Å². The van der Waals surface area contributed by atoms with Crippen LogP contribution in [0.3, 0.4) is 0 Å². The number of carbonyl (C=O) groups is 1. The van der Waals surface area contributed by atoms with Crippen molar-refractivity contribution in [2.24, 2.45) is 10.9 Å². The summed E-state index contributed by atoms with van der Waals surface area (Å²) in [6.07, 6.45) is 11.0. The van der Waals surface area contributed by atoms with E-state index in [9.17, 15) is 9.59 Å². The molecule has 1 aliphatic carbocycles. The van der Waals surface area contributed by atoms with Crippen LogP contribution in [0.15, 0.2) is 63.4 Å². The molecule has 2 aliphatic rings. The van der Waals surface area contributed by atoms with Crippen molar-refractivity contribution in [1.29, 1.82) is 0 Å². The summed E-state index contributed by atoms with van der Waals surface area (Å²) in [4.78, 5) is 32.3. The van der Waals surface area contributed by atoms with Crippen LogP contribution in [0.4, 0.5) is 0 Å². The maximum absolute atomic E-state index is 13.4. The number of hydrogen-bond acceptors (Lipinski definition) is 6. The van der Waals surface area contributed by atoms with Crippen molar-refractivity contribution in [2.45, 2.75) is 32.2 Å². The lowest BCUT2D eigenvalue weighted by Gasteiger charge is -2.23. The minimum atomic E-state index is -0.517. The van der Waals surface area contributed by atoms with Gasteiger partial charge in [0.15, 0.2) is 4.80 Å². The van der Waals surface area contributed by atoms with Gasteiger partial charge >= 0.3 is 5.97 Å². The number of thiophene rings is 1. The quantitative estimate of drug-likeness (QED) is 0.544. The van der Waals surface area contributed by atoms with E-state index in [0.717, 1.165) is 24.1 Å². The number of rotatable bonds is 5. The second-order valence-corrected chi connectivity index (χ2v) is 9.04. The minimum absolute atomic E-state index is 0.0942. The van der Waals surface area contributed by atoms with Gasteiger partial charge in [0, 0.05) is 4.88 Å². The topological polar surface area (TPSA) is 60.7 Å². The molecule has 150 valence electrons. The summed E-state index contributed by atoms with van der Waals surface area (Å²) in [7, 11) is 0. The molecule has 0 spiro atoms. The van der Waals surface area contributed by atoms with Crippen LogP contribution >= 0.6 is 22.7 Å². The highest BCUT2D eigenvalue weighted by molar-refractivity contribution is 7.10. The summed E-state index contributed by atoms with van der Waals surface area (Å²) >= 11 is 2.91. The predicted octanol–water partition coefficient (Wildman–Crippen LogP) is 3.33. The number of ether oxygens (including phenoxy) is 1. The lowest BCUT2D eigenvalue weighted by molar-refractivity contribution is -0.138. The Hall–Kier alpha value is -2.51. The molecule has 0 fully saturated rings. The van der Waals surface area contributed by atoms with Crippen molar-refractivity contribution in [3.05, 3.63) is 78.2 Å². The average molecular weight is 427 g/mol. The molecule has 0 saturated carbocycles. The maximum Gasteiger partial charge on any atom is 0.338 e. The van der Waals surface area contributed by atoms with Crippen molar-refractivity contribution < 1.29 is 9.53 Å². The lowest BCUT2D eigenvalue weighted by Crippen LogP contribution is -2.39. The molecular formula is C22H22N2O3S2. The van der Waals surface area contributed by atoms with E-state index in [-0.39, 0.29) is 12.2 Å². The molecule has 0 amide bonds. The fraction of sp³-hybridized carbons (Fsp3) is 0.318. The fourth-order valence-electron chi connectivity index (χ4n) is 3.71. The van der Waals surface area contributed by atoms with Crippen LogP contribution in [0.5, 0.6) is 0 Å². The van der Waals surface area contributed by atoms with Crippen molar-refractivity contribution in [2.75, 3.05) is 6.61 Å². The first-order chi connectivity index (χ1) is 14.1. The number of thiazole rings is 1. The summed E-state index contributed by atoms with van der Waals surface area (Å²) in [6, 6.07) is 3.35. The van der Waals surface area contributed by atoms with Gasteiger partial charge in [0.2, 0.25) is 0 Å². The van der Waals surface area contributed by atoms with Crippen LogP contribution in [0.1, 0.15) is 37.1 Å². The molecule has 29 heavy (non-hydrogen) atoms. The van der Waals surface area contributed by atoms with E-state index in [4.69, 9.17) is 4.74 Å². The maximum atomic E-state index is 13.4. The third-order valence-corrected chi connectivity index (χ3v) is 7.01. The Balaban J connectivity index is 1.86. The average Bonchev–Trinajstić information content (AvgIpc) is 3.35. The predicted molar refractivity (Wildman–Crippen MR) is 117 cm³/mol. The van der Waals surface area contributed by atoms with Crippen LogP contribution in [-0.2, 0) is 9.53 Å². The number of fused-ring (bicyclic) bond motifs is 1. The van der Waals surface area contributed by atoms with E-state index in [2.05, 4.69) is 29.8 Å². The van der Waals surface area contributed by atoms with Gasteiger partial charge in [0.1, 0.15) is 12.6 Å². The zero-order valence-corrected chi connectivity index (χ0v) is 17.8. The highest BCUT2D eigenvalue weighted by Crippen LogP contribution is 2.33. The molecule has 0 saturated heterocycles. The molecule has 0 aromatic carbocycles. The highest BCUT2D eigenvalue weighted by Gasteiger charge is 2.34. The Bertz CT molecular complexity index is 1170. The van der Waals surface area contributed by atoms with Gasteiger partial charge < -0.3 is 4.74 Å². The third kappa shape index (κ3) is 3.84. The van der Waals surface area contributed by atoms with Gasteiger partial charge in [0.05, 0.1) is 15.8 Å². The highest BCUT2D eigenvalue weighted by atomic mass is 32.1. The zero-order chi connectivity index (χ0) is 20.4. The first-order valence-electron chi connectivity index (χ1n) is 9.59. The van der Waals surface area contributed by atoms with Gasteiger partial charge in [-0.15, -0.1) is 11.3 Å². The summed E-state index contributed by atoms with van der Waals surface area (Å²) in [6.45, 7) is 5.51. The molecule has 5 nitrogen and oxygen atoms in total. The zero-order valence-electron chi connectivity index (χ0n) is 16.2. The molecule has 4 rings (SSSR count). The first kappa shape index (κ1) is 19.8. The van der Waals surface area contributed by atoms with Crippen molar-refractivity contribution in [3.63, 3.8) is 0 Å². The number of aromatic nitrogens is 1. The third-order valence-electron chi connectivity index (χ3n) is 5.08. The molecule has 0 N–H and O–H groups in total. The van der Waals surface area contributed by atoms with E-state index < -0.39 is 12.0 Å². The molecule has 2 aromatic rings. The van der Waals surface area contributed by atoms with Gasteiger partial charge in [-0.1, -0.05) is 48.3 Å². The second kappa shape index (κ2) is 8.47. The Morgan fingerprint density at radius 1 is 1.45 bits per heavy atom. The SMILES string of the molecule is C=CCOC(=O)C1=C(C)N=c2sc(=CC3CC=CCC3)c(=O)n2C1c1cccs1. The van der Waals surface area contributed by atoms with Crippen molar-refractivity contribution in [1.82, 2.24) is 4.57 Å². The Kier molecular flexibility index (Phi) is 5.78. The van der Waals surface area contributed by atoms with E-state index in [0.29, 0.717) is 26.5 Å². The normalized spacial score (nSPS) is 21.6. The largest absolute Gasteiger partial charge is 0.458 e. The first-order valence-corrected chi connectivity index (χ1v) is 11.3. The number of carbonyl (C=O) groups excluding carboxylic acids is 1. The monoisotopic (exact) mass is 426 g/mol. The number of nitrogens with zero attached hydrogens (tertiary/aromatic N) is 2. The Labute approximate surface area is 176 Å². The molecule has 2 unspecified atom stereocenters. The summed E-state index contributed by atoms with van der Waals surface area (Å²) in [5, 5.41) is 1.95. The summed E-state index contributed by atoms with van der Waals surface area (Å²) in [5.41, 5.74) is 0.905.